The van der Waals surface area contributed by atoms with Crippen LogP contribution in [0.3, 0.4) is 0 Å². The minimum absolute atomic E-state index is 0.0951. The van der Waals surface area contributed by atoms with Gasteiger partial charge >= 0.3 is 0 Å². The molecule has 3 rings (SSSR count). The molecule has 0 unspecified atom stereocenters. The van der Waals surface area contributed by atoms with Crippen molar-refractivity contribution in [2.45, 2.75) is 6.42 Å². The van der Waals surface area contributed by atoms with E-state index in [1.165, 1.54) is 12.1 Å². The van der Waals surface area contributed by atoms with E-state index >= 15 is 0 Å². The van der Waals surface area contributed by atoms with E-state index in [1.54, 1.807) is 18.3 Å². The first-order valence-corrected chi connectivity index (χ1v) is 6.99. The minimum Gasteiger partial charge on any atom is -0.364 e. The first-order valence-electron chi connectivity index (χ1n) is 6.61. The predicted molar refractivity (Wildman–Crippen MR) is 85.9 cm³/mol. The summed E-state index contributed by atoms with van der Waals surface area (Å²) < 4.78 is 0. The number of benzene rings is 1. The first-order chi connectivity index (χ1) is 11.0. The lowest BCUT2D eigenvalue weighted by Crippen LogP contribution is -2.18. The second-order valence-electron chi connectivity index (χ2n) is 4.82. The highest BCUT2D eigenvalue weighted by Crippen LogP contribution is 2.25. The molecule has 2 aromatic rings. The largest absolute Gasteiger partial charge is 0.364 e. The third-order valence-corrected chi connectivity index (χ3v) is 3.48. The Morgan fingerprint density at radius 2 is 2.17 bits per heavy atom. The molecule has 1 aliphatic rings. The summed E-state index contributed by atoms with van der Waals surface area (Å²) in [5, 5.41) is 12.4. The summed E-state index contributed by atoms with van der Waals surface area (Å²) in [5.74, 6) is 0.922. The van der Waals surface area contributed by atoms with E-state index < -0.39 is 4.92 Å². The molecule has 1 aromatic heterocycles. The van der Waals surface area contributed by atoms with E-state index in [4.69, 9.17) is 16.4 Å². The van der Waals surface area contributed by atoms with Gasteiger partial charge in [0.25, 0.3) is 5.69 Å². The molecule has 1 N–H and O–H groups in total. The van der Waals surface area contributed by atoms with Crippen molar-refractivity contribution in [3.05, 3.63) is 67.8 Å². The summed E-state index contributed by atoms with van der Waals surface area (Å²) in [6, 6.07) is 8.17. The summed E-state index contributed by atoms with van der Waals surface area (Å²) in [6.45, 7) is 3.71. The van der Waals surface area contributed by atoms with E-state index in [0.717, 1.165) is 5.22 Å². The molecule has 0 bridgehead atoms. The van der Waals surface area contributed by atoms with Crippen LogP contribution in [0.2, 0.25) is 5.02 Å². The lowest BCUT2D eigenvalue weighted by Gasteiger charge is -2.02. The summed E-state index contributed by atoms with van der Waals surface area (Å²) >= 11 is 5.79. The SMILES string of the molecule is C=c1ccc(=C2N=C(Cc3ccc(Cl)c([N+](=O)[O-])c3)ON2)cn1. The van der Waals surface area contributed by atoms with Gasteiger partial charge in [0.1, 0.15) is 5.02 Å². The zero-order valence-electron chi connectivity index (χ0n) is 11.8. The van der Waals surface area contributed by atoms with Crippen LogP contribution in [0.5, 0.6) is 0 Å². The number of hydrogen-bond donors (Lipinski definition) is 1. The average Bonchev–Trinajstić information content (AvgIpc) is 2.98. The molecule has 0 fully saturated rings. The molecule has 1 aliphatic heterocycles. The molecular formula is C15H11ClN4O3. The zero-order valence-corrected chi connectivity index (χ0v) is 12.6. The number of halogens is 1. The number of aromatic nitrogens is 1. The fraction of sp³-hybridized carbons (Fsp3) is 0.0667. The molecule has 8 heteroatoms. The van der Waals surface area contributed by atoms with Crippen LogP contribution >= 0.6 is 11.6 Å². The van der Waals surface area contributed by atoms with E-state index in [1.807, 2.05) is 6.07 Å². The molecule has 2 heterocycles. The lowest BCUT2D eigenvalue weighted by molar-refractivity contribution is -0.384. The molecular weight excluding hydrogens is 320 g/mol. The molecule has 0 saturated carbocycles. The van der Waals surface area contributed by atoms with Crippen molar-refractivity contribution in [3.8, 4) is 0 Å². The Bertz CT molecular complexity index is 903. The number of aliphatic imine (C=N–C) groups is 1. The summed E-state index contributed by atoms with van der Waals surface area (Å²) in [4.78, 5) is 24.1. The fourth-order valence-electron chi connectivity index (χ4n) is 2.02. The number of nitrogens with zero attached hydrogens (tertiary/aromatic N) is 3. The topological polar surface area (TPSA) is 89.7 Å². The van der Waals surface area contributed by atoms with Gasteiger partial charge in [-0.25, -0.2) is 5.48 Å². The van der Waals surface area contributed by atoms with Crippen molar-refractivity contribution in [1.82, 2.24) is 10.5 Å². The maximum Gasteiger partial charge on any atom is 0.288 e. The zero-order chi connectivity index (χ0) is 16.4. The van der Waals surface area contributed by atoms with Crippen LogP contribution in [0, 0.1) is 10.1 Å². The molecule has 7 nitrogen and oxygen atoms in total. The third-order valence-electron chi connectivity index (χ3n) is 3.16. The van der Waals surface area contributed by atoms with Crippen LogP contribution in [-0.2, 0) is 11.3 Å². The van der Waals surface area contributed by atoms with Gasteiger partial charge in [-0.05, 0) is 23.8 Å². The second-order valence-corrected chi connectivity index (χ2v) is 5.22. The Labute approximate surface area is 135 Å². The number of rotatable bonds is 3. The van der Waals surface area contributed by atoms with Gasteiger partial charge in [0.05, 0.1) is 16.7 Å². The van der Waals surface area contributed by atoms with E-state index in [0.29, 0.717) is 29.1 Å². The Kier molecular flexibility index (Phi) is 3.94. The van der Waals surface area contributed by atoms with E-state index in [2.05, 4.69) is 22.0 Å². The summed E-state index contributed by atoms with van der Waals surface area (Å²) in [5.41, 5.74) is 3.24. The second kappa shape index (κ2) is 6.05. The molecule has 1 aromatic carbocycles. The third kappa shape index (κ3) is 3.29. The predicted octanol–water partition coefficient (Wildman–Crippen LogP) is 1.30. The number of hydrogen-bond acceptors (Lipinski definition) is 6. The van der Waals surface area contributed by atoms with Crippen LogP contribution in [0.15, 0.2) is 41.5 Å². The van der Waals surface area contributed by atoms with E-state index in [9.17, 15) is 10.1 Å². The van der Waals surface area contributed by atoms with Gasteiger partial charge in [-0.15, -0.1) is 0 Å². The molecule has 0 aliphatic carbocycles. The van der Waals surface area contributed by atoms with Gasteiger partial charge in [0.15, 0.2) is 5.82 Å². The van der Waals surface area contributed by atoms with Crippen LogP contribution in [0.25, 0.3) is 12.4 Å². The summed E-state index contributed by atoms with van der Waals surface area (Å²) in [7, 11) is 0. The number of nitro groups is 1. The van der Waals surface area contributed by atoms with Crippen molar-refractivity contribution in [2.75, 3.05) is 0 Å². The quantitative estimate of drug-likeness (QED) is 0.676. The standard InChI is InChI=1S/C15H11ClN4O3/c1-9-2-4-11(8-17-9)15-18-14(23-19-15)7-10-3-5-12(16)13(6-10)20(21)22/h2-6,8,19H,1,7H2. The van der Waals surface area contributed by atoms with Gasteiger partial charge in [-0.2, -0.15) is 4.99 Å². The fourth-order valence-corrected chi connectivity index (χ4v) is 2.21. The Morgan fingerprint density at radius 1 is 1.35 bits per heavy atom. The van der Waals surface area contributed by atoms with Gasteiger partial charge in [0.2, 0.25) is 5.90 Å². The van der Waals surface area contributed by atoms with Gasteiger partial charge < -0.3 is 4.84 Å². The lowest BCUT2D eigenvalue weighted by atomic mass is 10.1. The number of nitrogens with one attached hydrogen (secondary N) is 1. The normalized spacial score (nSPS) is 15.6. The molecule has 116 valence electrons. The first kappa shape index (κ1) is 15.0. The average molecular weight is 331 g/mol. The minimum atomic E-state index is -0.523. The van der Waals surface area contributed by atoms with Crippen molar-refractivity contribution in [3.63, 3.8) is 0 Å². The number of hydroxylamine groups is 1. The van der Waals surface area contributed by atoms with Crippen molar-refractivity contribution in [1.29, 1.82) is 0 Å². The highest BCUT2D eigenvalue weighted by Gasteiger charge is 2.17. The molecule has 0 spiro atoms. The van der Waals surface area contributed by atoms with Gasteiger partial charge in [-0.3, -0.25) is 15.1 Å². The van der Waals surface area contributed by atoms with Crippen LogP contribution in [0.1, 0.15) is 5.56 Å². The molecule has 0 radical (unpaired) electrons. The highest BCUT2D eigenvalue weighted by molar-refractivity contribution is 6.32. The maximum absolute atomic E-state index is 10.9. The van der Waals surface area contributed by atoms with Gasteiger partial charge in [0, 0.05) is 17.5 Å². The van der Waals surface area contributed by atoms with Gasteiger partial charge in [-0.1, -0.05) is 24.2 Å². The molecule has 0 saturated heterocycles. The van der Waals surface area contributed by atoms with Crippen molar-refractivity contribution < 1.29 is 9.76 Å². The maximum atomic E-state index is 10.9. The summed E-state index contributed by atoms with van der Waals surface area (Å²) in [6.07, 6.45) is 1.93. The monoisotopic (exact) mass is 330 g/mol. The number of nitro benzene ring substituents is 1. The van der Waals surface area contributed by atoms with Crippen LogP contribution < -0.4 is 16.0 Å². The Morgan fingerprint density at radius 3 is 2.87 bits per heavy atom. The van der Waals surface area contributed by atoms with Crippen molar-refractivity contribution >= 4 is 35.6 Å². The number of pyridine rings is 1. The van der Waals surface area contributed by atoms with Crippen LogP contribution in [-0.4, -0.2) is 15.8 Å². The molecule has 23 heavy (non-hydrogen) atoms. The Hall–Kier alpha value is -2.93. The Balaban J connectivity index is 1.87. The highest BCUT2D eigenvalue weighted by atomic mass is 35.5. The van der Waals surface area contributed by atoms with Crippen molar-refractivity contribution in [2.24, 2.45) is 4.99 Å². The smallest absolute Gasteiger partial charge is 0.288 e. The van der Waals surface area contributed by atoms with Crippen LogP contribution in [0.4, 0.5) is 5.69 Å². The molecule has 0 amide bonds. The molecule has 0 atom stereocenters. The van der Waals surface area contributed by atoms with E-state index in [-0.39, 0.29) is 10.7 Å².